The van der Waals surface area contributed by atoms with E-state index in [1.807, 2.05) is 16.8 Å². The highest BCUT2D eigenvalue weighted by Crippen LogP contribution is 2.31. The summed E-state index contributed by atoms with van der Waals surface area (Å²) in [6.07, 6.45) is 7.58. The molecule has 1 saturated heterocycles. The SMILES string of the molecule is CCOC(=O)c1cnn(C2CCOCC2)c1-c1ccc(NC2CC2)nc1. The van der Waals surface area contributed by atoms with Crippen molar-refractivity contribution in [2.24, 2.45) is 0 Å². The Hall–Kier alpha value is -2.41. The fourth-order valence-corrected chi connectivity index (χ4v) is 3.27. The van der Waals surface area contributed by atoms with E-state index in [-0.39, 0.29) is 12.0 Å². The number of aromatic nitrogens is 3. The van der Waals surface area contributed by atoms with Crippen LogP contribution in [0.3, 0.4) is 0 Å². The number of hydrogen-bond acceptors (Lipinski definition) is 6. The van der Waals surface area contributed by atoms with Crippen LogP contribution in [0.2, 0.25) is 0 Å². The molecule has 1 saturated carbocycles. The van der Waals surface area contributed by atoms with Crippen LogP contribution in [0.4, 0.5) is 5.82 Å². The van der Waals surface area contributed by atoms with Crippen molar-refractivity contribution >= 4 is 11.8 Å². The van der Waals surface area contributed by atoms with Crippen molar-refractivity contribution in [1.29, 1.82) is 0 Å². The van der Waals surface area contributed by atoms with Gasteiger partial charge in [-0.05, 0) is 44.7 Å². The normalized spacial score (nSPS) is 17.9. The monoisotopic (exact) mass is 356 g/mol. The summed E-state index contributed by atoms with van der Waals surface area (Å²) in [4.78, 5) is 16.9. The van der Waals surface area contributed by atoms with Gasteiger partial charge in [-0.25, -0.2) is 9.78 Å². The number of carbonyl (C=O) groups is 1. The average molecular weight is 356 g/mol. The van der Waals surface area contributed by atoms with E-state index in [2.05, 4.69) is 15.4 Å². The molecule has 2 fully saturated rings. The molecule has 1 aliphatic carbocycles. The third-order valence-electron chi connectivity index (χ3n) is 4.79. The minimum absolute atomic E-state index is 0.214. The zero-order valence-electron chi connectivity index (χ0n) is 15.0. The van der Waals surface area contributed by atoms with E-state index in [4.69, 9.17) is 9.47 Å². The van der Waals surface area contributed by atoms with E-state index in [1.165, 1.54) is 12.8 Å². The van der Waals surface area contributed by atoms with Crippen molar-refractivity contribution in [2.75, 3.05) is 25.1 Å². The first-order chi connectivity index (χ1) is 12.8. The molecule has 26 heavy (non-hydrogen) atoms. The second kappa shape index (κ2) is 7.45. The van der Waals surface area contributed by atoms with Gasteiger partial charge in [-0.1, -0.05) is 0 Å². The van der Waals surface area contributed by atoms with Gasteiger partial charge in [0.2, 0.25) is 0 Å². The van der Waals surface area contributed by atoms with Gasteiger partial charge in [0.1, 0.15) is 11.4 Å². The van der Waals surface area contributed by atoms with Crippen LogP contribution in [-0.4, -0.2) is 46.6 Å². The first kappa shape index (κ1) is 17.0. The van der Waals surface area contributed by atoms with Crippen LogP contribution in [0.25, 0.3) is 11.3 Å². The van der Waals surface area contributed by atoms with Crippen molar-refractivity contribution in [3.05, 3.63) is 30.1 Å². The van der Waals surface area contributed by atoms with Crippen LogP contribution in [0.15, 0.2) is 24.5 Å². The van der Waals surface area contributed by atoms with Gasteiger partial charge in [0.15, 0.2) is 0 Å². The van der Waals surface area contributed by atoms with E-state index in [1.54, 1.807) is 19.3 Å². The van der Waals surface area contributed by atoms with E-state index in [0.717, 1.165) is 29.9 Å². The fourth-order valence-electron chi connectivity index (χ4n) is 3.27. The Kier molecular flexibility index (Phi) is 4.88. The first-order valence-corrected chi connectivity index (χ1v) is 9.31. The molecule has 2 aromatic rings. The number of rotatable bonds is 6. The zero-order chi connectivity index (χ0) is 17.9. The van der Waals surface area contributed by atoms with Gasteiger partial charge in [0.25, 0.3) is 0 Å². The lowest BCUT2D eigenvalue weighted by Gasteiger charge is -2.24. The molecule has 1 N–H and O–H groups in total. The number of nitrogens with one attached hydrogen (secondary N) is 1. The molecule has 0 bridgehead atoms. The second-order valence-corrected chi connectivity index (χ2v) is 6.77. The summed E-state index contributed by atoms with van der Waals surface area (Å²) < 4.78 is 12.6. The largest absolute Gasteiger partial charge is 0.462 e. The fraction of sp³-hybridized carbons (Fsp3) is 0.526. The Bertz CT molecular complexity index is 762. The summed E-state index contributed by atoms with van der Waals surface area (Å²) in [6.45, 7) is 3.56. The minimum Gasteiger partial charge on any atom is -0.462 e. The predicted molar refractivity (Wildman–Crippen MR) is 97.1 cm³/mol. The summed E-state index contributed by atoms with van der Waals surface area (Å²) in [5.41, 5.74) is 2.14. The summed E-state index contributed by atoms with van der Waals surface area (Å²) in [6, 6.07) is 4.72. The van der Waals surface area contributed by atoms with E-state index in [9.17, 15) is 4.79 Å². The molecule has 2 aromatic heterocycles. The van der Waals surface area contributed by atoms with E-state index in [0.29, 0.717) is 31.4 Å². The van der Waals surface area contributed by atoms with Crippen LogP contribution in [0.5, 0.6) is 0 Å². The number of ether oxygens (including phenoxy) is 2. The van der Waals surface area contributed by atoms with Gasteiger partial charge in [-0.15, -0.1) is 0 Å². The summed E-state index contributed by atoms with van der Waals surface area (Å²) in [5.74, 6) is 0.520. The molecule has 0 aromatic carbocycles. The molecular weight excluding hydrogens is 332 g/mol. The standard InChI is InChI=1S/C19H24N4O3/c1-2-26-19(24)16-12-21-23(15-7-9-25-10-8-15)18(16)13-3-6-17(20-11-13)22-14-4-5-14/h3,6,11-12,14-15H,2,4-5,7-10H2,1H3,(H,20,22). The maximum atomic E-state index is 12.4. The molecule has 7 nitrogen and oxygen atoms in total. The number of anilines is 1. The van der Waals surface area contributed by atoms with Crippen molar-refractivity contribution < 1.29 is 14.3 Å². The Morgan fingerprint density at radius 3 is 2.73 bits per heavy atom. The summed E-state index contributed by atoms with van der Waals surface area (Å²) in [5, 5.41) is 7.90. The molecular formula is C19H24N4O3. The molecule has 0 radical (unpaired) electrons. The predicted octanol–water partition coefficient (Wildman–Crippen LogP) is 3.05. The van der Waals surface area contributed by atoms with Crippen LogP contribution < -0.4 is 5.32 Å². The lowest BCUT2D eigenvalue weighted by molar-refractivity contribution is 0.0526. The maximum Gasteiger partial charge on any atom is 0.341 e. The smallest absolute Gasteiger partial charge is 0.341 e. The third-order valence-corrected chi connectivity index (χ3v) is 4.79. The highest BCUT2D eigenvalue weighted by atomic mass is 16.5. The molecule has 138 valence electrons. The van der Waals surface area contributed by atoms with Crippen molar-refractivity contribution in [2.45, 2.75) is 44.7 Å². The van der Waals surface area contributed by atoms with E-state index < -0.39 is 0 Å². The molecule has 0 spiro atoms. The summed E-state index contributed by atoms with van der Waals surface area (Å²) >= 11 is 0. The molecule has 7 heteroatoms. The van der Waals surface area contributed by atoms with Gasteiger partial charge < -0.3 is 14.8 Å². The summed E-state index contributed by atoms with van der Waals surface area (Å²) in [7, 11) is 0. The Morgan fingerprint density at radius 2 is 2.08 bits per heavy atom. The lowest BCUT2D eigenvalue weighted by atomic mass is 10.1. The molecule has 0 atom stereocenters. The lowest BCUT2D eigenvalue weighted by Crippen LogP contribution is -2.21. The molecule has 1 aliphatic heterocycles. The van der Waals surface area contributed by atoms with E-state index >= 15 is 0 Å². The molecule has 2 aliphatic rings. The van der Waals surface area contributed by atoms with Gasteiger partial charge in [-0.2, -0.15) is 5.10 Å². The zero-order valence-corrected chi connectivity index (χ0v) is 15.0. The highest BCUT2D eigenvalue weighted by Gasteiger charge is 2.26. The first-order valence-electron chi connectivity index (χ1n) is 9.31. The molecule has 3 heterocycles. The number of nitrogens with zero attached hydrogens (tertiary/aromatic N) is 3. The van der Waals surface area contributed by atoms with Crippen LogP contribution in [0, 0.1) is 0 Å². The number of carbonyl (C=O) groups excluding carboxylic acids is 1. The van der Waals surface area contributed by atoms with Crippen LogP contribution in [0.1, 0.15) is 49.0 Å². The Morgan fingerprint density at radius 1 is 1.27 bits per heavy atom. The van der Waals surface area contributed by atoms with Crippen molar-refractivity contribution in [1.82, 2.24) is 14.8 Å². The topological polar surface area (TPSA) is 78.3 Å². The average Bonchev–Trinajstić information content (AvgIpc) is 3.37. The number of esters is 1. The highest BCUT2D eigenvalue weighted by molar-refractivity contribution is 5.96. The Labute approximate surface area is 152 Å². The van der Waals surface area contributed by atoms with Gasteiger partial charge in [0, 0.05) is 31.0 Å². The molecule has 0 unspecified atom stereocenters. The third kappa shape index (κ3) is 3.58. The quantitative estimate of drug-likeness (QED) is 0.802. The minimum atomic E-state index is -0.346. The second-order valence-electron chi connectivity index (χ2n) is 6.77. The van der Waals surface area contributed by atoms with Crippen molar-refractivity contribution in [3.63, 3.8) is 0 Å². The van der Waals surface area contributed by atoms with Crippen molar-refractivity contribution in [3.8, 4) is 11.3 Å². The van der Waals surface area contributed by atoms with Gasteiger partial charge in [-0.3, -0.25) is 4.68 Å². The number of hydrogen-bond donors (Lipinski definition) is 1. The van der Waals surface area contributed by atoms with Gasteiger partial charge >= 0.3 is 5.97 Å². The van der Waals surface area contributed by atoms with Gasteiger partial charge in [0.05, 0.1) is 24.5 Å². The molecule has 0 amide bonds. The van der Waals surface area contributed by atoms with Crippen LogP contribution >= 0.6 is 0 Å². The molecule has 4 rings (SSSR count). The maximum absolute atomic E-state index is 12.4. The van der Waals surface area contributed by atoms with Crippen LogP contribution in [-0.2, 0) is 9.47 Å². The number of pyridine rings is 1. The Balaban J connectivity index is 1.68.